The van der Waals surface area contributed by atoms with Gasteiger partial charge in [-0.1, -0.05) is 23.7 Å². The highest BCUT2D eigenvalue weighted by atomic mass is 35.5. The fourth-order valence-electron chi connectivity index (χ4n) is 4.27. The average molecular weight is 515 g/mol. The lowest BCUT2D eigenvalue weighted by molar-refractivity contribution is -0.122. The molecule has 9 heteroatoms. The maximum atomic E-state index is 14.1. The number of likely N-dealkylation sites (N-methyl/N-ethyl adjacent to an activating group) is 1. The normalized spacial score (nSPS) is 13.4. The van der Waals surface area contributed by atoms with Gasteiger partial charge in [0.25, 0.3) is 0 Å². The molecule has 3 aromatic carbocycles. The van der Waals surface area contributed by atoms with Gasteiger partial charge < -0.3 is 20.3 Å². The van der Waals surface area contributed by atoms with Gasteiger partial charge >= 0.3 is 0 Å². The van der Waals surface area contributed by atoms with E-state index in [-0.39, 0.29) is 30.3 Å². The highest BCUT2D eigenvalue weighted by molar-refractivity contribution is 6.30. The number of aromatic amines is 1. The van der Waals surface area contributed by atoms with Crippen molar-refractivity contribution in [1.82, 2.24) is 20.5 Å². The van der Waals surface area contributed by atoms with Gasteiger partial charge in [-0.05, 0) is 62.1 Å². The molecule has 6 nitrogen and oxygen atoms in total. The van der Waals surface area contributed by atoms with Crippen molar-refractivity contribution in [3.05, 3.63) is 82.4 Å². The lowest BCUT2D eigenvalue weighted by Crippen LogP contribution is -2.40. The SMILES string of the molecule is CN(C)CCNC(O)C(CC(=O)NCc1cc(Cl)ccc1F)c1ccc2c(c1)[nH]c1cc(F)ccc12. The third kappa shape index (κ3) is 6.20. The van der Waals surface area contributed by atoms with E-state index < -0.39 is 18.0 Å². The van der Waals surface area contributed by atoms with Crippen LogP contribution in [0.1, 0.15) is 23.5 Å². The van der Waals surface area contributed by atoms with E-state index in [4.69, 9.17) is 11.6 Å². The molecule has 1 aromatic heterocycles. The van der Waals surface area contributed by atoms with Crippen LogP contribution in [0.5, 0.6) is 0 Å². The summed E-state index contributed by atoms with van der Waals surface area (Å²) in [5, 5.41) is 19.0. The van der Waals surface area contributed by atoms with Gasteiger partial charge in [0, 0.05) is 64.4 Å². The van der Waals surface area contributed by atoms with Crippen molar-refractivity contribution in [2.24, 2.45) is 0 Å². The number of fused-ring (bicyclic) bond motifs is 3. The molecular weight excluding hydrogens is 486 g/mol. The Kier molecular flexibility index (Phi) is 8.21. The van der Waals surface area contributed by atoms with Gasteiger partial charge in [0.05, 0.1) is 0 Å². The molecule has 2 unspecified atom stereocenters. The number of nitrogens with one attached hydrogen (secondary N) is 3. The van der Waals surface area contributed by atoms with Crippen LogP contribution in [0, 0.1) is 11.6 Å². The predicted molar refractivity (Wildman–Crippen MR) is 139 cm³/mol. The van der Waals surface area contributed by atoms with Crippen LogP contribution in [0.3, 0.4) is 0 Å². The number of amides is 1. The predicted octanol–water partition coefficient (Wildman–Crippen LogP) is 4.51. The van der Waals surface area contributed by atoms with Crippen molar-refractivity contribution in [2.45, 2.75) is 25.1 Å². The standard InChI is InChI=1S/C27H29ClF2N4O2/c1-34(2)10-9-31-27(36)22(14-26(35)32-15-17-11-18(28)4-8-23(17)30)16-3-6-20-21-7-5-19(29)13-25(21)33-24(20)12-16/h3-8,11-13,22,27,31,33,36H,9-10,14-15H2,1-2H3,(H,32,35). The molecule has 2 atom stereocenters. The third-order valence-corrected chi connectivity index (χ3v) is 6.43. The Labute approximate surface area is 213 Å². The van der Waals surface area contributed by atoms with Gasteiger partial charge in [0.2, 0.25) is 5.91 Å². The quantitative estimate of drug-likeness (QED) is 0.235. The van der Waals surface area contributed by atoms with Gasteiger partial charge in [-0.25, -0.2) is 8.78 Å². The van der Waals surface area contributed by atoms with Crippen LogP contribution in [0.25, 0.3) is 21.8 Å². The van der Waals surface area contributed by atoms with Gasteiger partial charge in [0.15, 0.2) is 0 Å². The molecule has 4 N–H and O–H groups in total. The Balaban J connectivity index is 1.56. The van der Waals surface area contributed by atoms with E-state index in [1.807, 2.05) is 37.2 Å². The Morgan fingerprint density at radius 1 is 1.06 bits per heavy atom. The summed E-state index contributed by atoms with van der Waals surface area (Å²) in [7, 11) is 3.86. The third-order valence-electron chi connectivity index (χ3n) is 6.20. The molecule has 1 heterocycles. The number of H-pyrrole nitrogens is 1. The van der Waals surface area contributed by atoms with Gasteiger partial charge in [-0.2, -0.15) is 0 Å². The van der Waals surface area contributed by atoms with Gasteiger partial charge in [-0.3, -0.25) is 10.1 Å². The van der Waals surface area contributed by atoms with Crippen LogP contribution in [0.2, 0.25) is 5.02 Å². The summed E-state index contributed by atoms with van der Waals surface area (Å²) in [4.78, 5) is 18.1. The molecule has 0 fully saturated rings. The van der Waals surface area contributed by atoms with Crippen molar-refractivity contribution in [3.8, 4) is 0 Å². The first kappa shape index (κ1) is 26.0. The number of carbonyl (C=O) groups is 1. The molecule has 0 saturated heterocycles. The van der Waals surface area contributed by atoms with Crippen molar-refractivity contribution in [2.75, 3.05) is 27.2 Å². The van der Waals surface area contributed by atoms with E-state index in [2.05, 4.69) is 15.6 Å². The molecule has 0 radical (unpaired) electrons. The second-order valence-corrected chi connectivity index (χ2v) is 9.58. The summed E-state index contributed by atoms with van der Waals surface area (Å²) in [6, 6.07) is 14.4. The summed E-state index contributed by atoms with van der Waals surface area (Å²) in [5.41, 5.74) is 2.47. The topological polar surface area (TPSA) is 80.4 Å². The first-order valence-electron chi connectivity index (χ1n) is 11.7. The van der Waals surface area contributed by atoms with Crippen molar-refractivity contribution < 1.29 is 18.7 Å². The Bertz CT molecular complexity index is 1370. The first-order chi connectivity index (χ1) is 17.2. The minimum atomic E-state index is -1.00. The highest BCUT2D eigenvalue weighted by Crippen LogP contribution is 2.31. The molecule has 4 rings (SSSR count). The summed E-state index contributed by atoms with van der Waals surface area (Å²) >= 11 is 5.95. The zero-order chi connectivity index (χ0) is 25.8. The Morgan fingerprint density at radius 3 is 2.53 bits per heavy atom. The van der Waals surface area contributed by atoms with Gasteiger partial charge in [0.1, 0.15) is 17.9 Å². The monoisotopic (exact) mass is 514 g/mol. The van der Waals surface area contributed by atoms with Crippen molar-refractivity contribution >= 4 is 39.3 Å². The summed E-state index contributed by atoms with van der Waals surface area (Å²) < 4.78 is 27.7. The van der Waals surface area contributed by atoms with E-state index >= 15 is 0 Å². The number of rotatable bonds is 10. The van der Waals surface area contributed by atoms with Crippen LogP contribution in [0.4, 0.5) is 8.78 Å². The second-order valence-electron chi connectivity index (χ2n) is 9.15. The number of benzene rings is 3. The summed E-state index contributed by atoms with van der Waals surface area (Å²) in [6.07, 6.45) is -1.03. The molecule has 0 aliphatic heterocycles. The van der Waals surface area contributed by atoms with Crippen LogP contribution in [0.15, 0.2) is 54.6 Å². The fraction of sp³-hybridized carbons (Fsp3) is 0.296. The molecule has 0 aliphatic rings. The number of nitrogens with zero attached hydrogens (tertiary/aromatic N) is 1. The van der Waals surface area contributed by atoms with Crippen LogP contribution >= 0.6 is 11.6 Å². The number of carbonyl (C=O) groups excluding carboxylic acids is 1. The number of hydrogen-bond donors (Lipinski definition) is 4. The molecule has 1 amide bonds. The Hall–Kier alpha value is -3.04. The number of aliphatic hydroxyl groups excluding tert-OH is 1. The zero-order valence-electron chi connectivity index (χ0n) is 20.1. The first-order valence-corrected chi connectivity index (χ1v) is 12.1. The molecule has 0 spiro atoms. The minimum absolute atomic E-state index is 0.0191. The lowest BCUT2D eigenvalue weighted by atomic mass is 9.92. The van der Waals surface area contributed by atoms with E-state index in [0.717, 1.165) is 21.9 Å². The van der Waals surface area contributed by atoms with E-state index in [1.54, 1.807) is 6.07 Å². The van der Waals surface area contributed by atoms with Crippen molar-refractivity contribution in [3.63, 3.8) is 0 Å². The molecule has 0 bridgehead atoms. The van der Waals surface area contributed by atoms with E-state index in [9.17, 15) is 18.7 Å². The minimum Gasteiger partial charge on any atom is -0.378 e. The van der Waals surface area contributed by atoms with Crippen LogP contribution in [-0.2, 0) is 11.3 Å². The maximum absolute atomic E-state index is 14.1. The Morgan fingerprint density at radius 2 is 1.78 bits per heavy atom. The molecule has 0 saturated carbocycles. The number of aromatic nitrogens is 1. The molecule has 0 aliphatic carbocycles. The number of halogens is 3. The summed E-state index contributed by atoms with van der Waals surface area (Å²) in [6.45, 7) is 1.21. The molecule has 36 heavy (non-hydrogen) atoms. The zero-order valence-corrected chi connectivity index (χ0v) is 20.9. The molecular formula is C27H29ClF2N4O2. The number of hydrogen-bond acceptors (Lipinski definition) is 4. The largest absolute Gasteiger partial charge is 0.378 e. The van der Waals surface area contributed by atoms with Crippen molar-refractivity contribution in [1.29, 1.82) is 0 Å². The lowest BCUT2D eigenvalue weighted by Gasteiger charge is -2.25. The van der Waals surface area contributed by atoms with E-state index in [0.29, 0.717) is 23.6 Å². The smallest absolute Gasteiger partial charge is 0.221 e. The molecule has 190 valence electrons. The van der Waals surface area contributed by atoms with Crippen LogP contribution < -0.4 is 10.6 Å². The average Bonchev–Trinajstić information content (AvgIpc) is 3.19. The second kappa shape index (κ2) is 11.3. The molecule has 4 aromatic rings. The van der Waals surface area contributed by atoms with E-state index in [1.165, 1.54) is 30.3 Å². The highest BCUT2D eigenvalue weighted by Gasteiger charge is 2.25. The summed E-state index contributed by atoms with van der Waals surface area (Å²) in [5.74, 6) is -1.71. The maximum Gasteiger partial charge on any atom is 0.221 e. The fourth-order valence-corrected chi connectivity index (χ4v) is 4.46. The van der Waals surface area contributed by atoms with Gasteiger partial charge in [-0.15, -0.1) is 0 Å². The number of aliphatic hydroxyl groups is 1. The van der Waals surface area contributed by atoms with Crippen LogP contribution in [-0.4, -0.2) is 54.3 Å².